The van der Waals surface area contributed by atoms with Gasteiger partial charge in [-0.15, -0.1) is 0 Å². The maximum absolute atomic E-state index is 13.5. The Balaban J connectivity index is 1.30. The Kier molecular flexibility index (Phi) is 5.41. The van der Waals surface area contributed by atoms with Crippen molar-refractivity contribution in [2.75, 3.05) is 0 Å². The molecule has 3 nitrogen and oxygen atoms in total. The van der Waals surface area contributed by atoms with Crippen LogP contribution in [0.15, 0.2) is 135 Å². The summed E-state index contributed by atoms with van der Waals surface area (Å²) in [4.78, 5) is 13.5. The van der Waals surface area contributed by atoms with E-state index < -0.39 is 0 Å². The third kappa shape index (κ3) is 3.71. The highest BCUT2D eigenvalue weighted by atomic mass is 16.4. The van der Waals surface area contributed by atoms with Crippen LogP contribution in [-0.2, 0) is 0 Å². The summed E-state index contributed by atoms with van der Waals surface area (Å²) >= 11 is 0. The van der Waals surface area contributed by atoms with Crippen molar-refractivity contribution in [3.63, 3.8) is 0 Å². The molecule has 2 heterocycles. The molecular weight excluding hydrogens is 516 g/mol. The van der Waals surface area contributed by atoms with Gasteiger partial charge in [0.15, 0.2) is 0 Å². The summed E-state index contributed by atoms with van der Waals surface area (Å²) in [5.41, 5.74) is 10.8. The molecule has 2 aromatic heterocycles. The molecule has 0 aliphatic rings. The van der Waals surface area contributed by atoms with E-state index in [0.717, 1.165) is 55.0 Å². The van der Waals surface area contributed by atoms with Gasteiger partial charge in [-0.25, -0.2) is 4.79 Å². The zero-order chi connectivity index (χ0) is 28.4. The first-order chi connectivity index (χ1) is 20.6. The van der Waals surface area contributed by atoms with Crippen LogP contribution >= 0.6 is 0 Å². The zero-order valence-electron chi connectivity index (χ0n) is 23.3. The van der Waals surface area contributed by atoms with Crippen LogP contribution in [0.5, 0.6) is 0 Å². The highest BCUT2D eigenvalue weighted by Gasteiger charge is 2.16. The SMILES string of the molecule is Cc1ccccc1-c1c(C)cccc1-c1ccc2c(c1)c(=O)oc1cc(-c3cccc4oc5ccccc5c34)ccc12. The van der Waals surface area contributed by atoms with E-state index in [0.29, 0.717) is 11.0 Å². The lowest BCUT2D eigenvalue weighted by molar-refractivity contribution is 0.570. The molecular formula is C39H26O3. The summed E-state index contributed by atoms with van der Waals surface area (Å²) in [6.07, 6.45) is 0. The van der Waals surface area contributed by atoms with E-state index in [2.05, 4.69) is 92.7 Å². The topological polar surface area (TPSA) is 43.4 Å². The smallest absolute Gasteiger partial charge is 0.344 e. The molecule has 0 atom stereocenters. The van der Waals surface area contributed by atoms with E-state index in [1.54, 1.807) is 0 Å². The second-order valence-corrected chi connectivity index (χ2v) is 11.0. The van der Waals surface area contributed by atoms with E-state index in [-0.39, 0.29) is 5.63 Å². The van der Waals surface area contributed by atoms with Gasteiger partial charge in [0.2, 0.25) is 0 Å². The van der Waals surface area contributed by atoms with Crippen LogP contribution in [0.3, 0.4) is 0 Å². The van der Waals surface area contributed by atoms with Gasteiger partial charge < -0.3 is 8.83 Å². The summed E-state index contributed by atoms with van der Waals surface area (Å²) < 4.78 is 12.1. The van der Waals surface area contributed by atoms with Gasteiger partial charge in [-0.2, -0.15) is 0 Å². The fraction of sp³-hybridized carbons (Fsp3) is 0.0513. The predicted molar refractivity (Wildman–Crippen MR) is 173 cm³/mol. The highest BCUT2D eigenvalue weighted by Crippen LogP contribution is 2.40. The van der Waals surface area contributed by atoms with Gasteiger partial charge in [-0.1, -0.05) is 91.0 Å². The summed E-state index contributed by atoms with van der Waals surface area (Å²) in [6, 6.07) is 41.2. The van der Waals surface area contributed by atoms with Crippen LogP contribution in [0.2, 0.25) is 0 Å². The highest BCUT2D eigenvalue weighted by molar-refractivity contribution is 6.13. The molecule has 0 unspecified atom stereocenters. The summed E-state index contributed by atoms with van der Waals surface area (Å²) in [6.45, 7) is 4.27. The van der Waals surface area contributed by atoms with Crippen LogP contribution in [-0.4, -0.2) is 0 Å². The van der Waals surface area contributed by atoms with Crippen LogP contribution < -0.4 is 5.63 Å². The molecule has 0 radical (unpaired) electrons. The van der Waals surface area contributed by atoms with Gasteiger partial charge in [-0.3, -0.25) is 0 Å². The third-order valence-electron chi connectivity index (χ3n) is 8.43. The molecule has 42 heavy (non-hydrogen) atoms. The minimum absolute atomic E-state index is 0.339. The predicted octanol–water partition coefficient (Wildman–Crippen LogP) is 10.5. The van der Waals surface area contributed by atoms with E-state index in [9.17, 15) is 4.79 Å². The monoisotopic (exact) mass is 542 g/mol. The maximum Gasteiger partial charge on any atom is 0.344 e. The first-order valence-electron chi connectivity index (χ1n) is 14.1. The lowest BCUT2D eigenvalue weighted by Gasteiger charge is -2.16. The second kappa shape index (κ2) is 9.32. The number of benzene rings is 6. The van der Waals surface area contributed by atoms with Crippen molar-refractivity contribution in [1.82, 2.24) is 0 Å². The zero-order valence-corrected chi connectivity index (χ0v) is 23.3. The Morgan fingerprint density at radius 3 is 2.00 bits per heavy atom. The number of aryl methyl sites for hydroxylation is 2. The van der Waals surface area contributed by atoms with Crippen molar-refractivity contribution >= 4 is 43.7 Å². The number of hydrogen-bond acceptors (Lipinski definition) is 3. The van der Waals surface area contributed by atoms with E-state index in [1.165, 1.54) is 22.3 Å². The maximum atomic E-state index is 13.5. The molecule has 0 spiro atoms. The van der Waals surface area contributed by atoms with Crippen molar-refractivity contribution in [1.29, 1.82) is 0 Å². The Hall–Kier alpha value is -5.41. The molecule has 0 aliphatic heterocycles. The number of para-hydroxylation sites is 1. The molecule has 8 aromatic rings. The van der Waals surface area contributed by atoms with Crippen LogP contribution in [0, 0.1) is 13.8 Å². The van der Waals surface area contributed by atoms with Crippen molar-refractivity contribution in [2.24, 2.45) is 0 Å². The Morgan fingerprint density at radius 2 is 1.12 bits per heavy atom. The lowest BCUT2D eigenvalue weighted by Crippen LogP contribution is -2.00. The van der Waals surface area contributed by atoms with E-state index in [4.69, 9.17) is 8.83 Å². The molecule has 8 rings (SSSR count). The fourth-order valence-corrected chi connectivity index (χ4v) is 6.40. The Bertz CT molecular complexity index is 2400. The first-order valence-corrected chi connectivity index (χ1v) is 14.1. The van der Waals surface area contributed by atoms with Gasteiger partial charge in [0.1, 0.15) is 16.7 Å². The molecule has 0 N–H and O–H groups in total. The summed E-state index contributed by atoms with van der Waals surface area (Å²) in [5.74, 6) is 0. The average molecular weight is 543 g/mol. The Morgan fingerprint density at radius 1 is 0.452 bits per heavy atom. The summed E-state index contributed by atoms with van der Waals surface area (Å²) in [7, 11) is 0. The molecule has 6 aromatic carbocycles. The molecule has 0 saturated carbocycles. The van der Waals surface area contributed by atoms with Gasteiger partial charge in [0, 0.05) is 16.2 Å². The van der Waals surface area contributed by atoms with Crippen LogP contribution in [0.1, 0.15) is 11.1 Å². The quantitative estimate of drug-likeness (QED) is 0.165. The van der Waals surface area contributed by atoms with Crippen molar-refractivity contribution in [2.45, 2.75) is 13.8 Å². The molecule has 0 amide bonds. The minimum Gasteiger partial charge on any atom is -0.456 e. The molecule has 0 fully saturated rings. The molecule has 0 bridgehead atoms. The second-order valence-electron chi connectivity index (χ2n) is 11.0. The van der Waals surface area contributed by atoms with Crippen molar-refractivity contribution in [3.8, 4) is 33.4 Å². The van der Waals surface area contributed by atoms with Gasteiger partial charge in [0.05, 0.1) is 5.39 Å². The standard InChI is InChI=1S/C39H26O3/c1-23-9-3-4-11-27(23)37-24(2)10-7-13-28(37)25-17-19-30-31-20-18-26(22-36(31)42-39(40)33(30)21-25)29-14-8-16-35-38(29)32-12-5-6-15-34(32)41-35/h3-22H,1-2H3. The lowest BCUT2D eigenvalue weighted by atomic mass is 9.88. The fourth-order valence-electron chi connectivity index (χ4n) is 6.40. The van der Waals surface area contributed by atoms with Gasteiger partial charge >= 0.3 is 5.63 Å². The number of furan rings is 1. The number of fused-ring (bicyclic) bond motifs is 6. The molecule has 200 valence electrons. The van der Waals surface area contributed by atoms with Crippen molar-refractivity contribution < 1.29 is 8.83 Å². The van der Waals surface area contributed by atoms with Crippen LogP contribution in [0.4, 0.5) is 0 Å². The molecule has 0 aliphatic carbocycles. The largest absolute Gasteiger partial charge is 0.456 e. The minimum atomic E-state index is -0.339. The van der Waals surface area contributed by atoms with Crippen molar-refractivity contribution in [3.05, 3.63) is 143 Å². The molecule has 3 heteroatoms. The Labute approximate surface area is 242 Å². The van der Waals surface area contributed by atoms with Gasteiger partial charge in [0.25, 0.3) is 0 Å². The third-order valence-corrected chi connectivity index (χ3v) is 8.43. The molecule has 0 saturated heterocycles. The first kappa shape index (κ1) is 24.4. The van der Waals surface area contributed by atoms with Gasteiger partial charge in [-0.05, 0) is 94.1 Å². The number of hydrogen-bond donors (Lipinski definition) is 0. The normalized spacial score (nSPS) is 11.7. The van der Waals surface area contributed by atoms with Crippen LogP contribution in [0.25, 0.3) is 77.1 Å². The van der Waals surface area contributed by atoms with E-state index in [1.807, 2.05) is 42.5 Å². The summed E-state index contributed by atoms with van der Waals surface area (Å²) in [5, 5.41) is 4.49. The average Bonchev–Trinajstić information content (AvgIpc) is 3.40. The van der Waals surface area contributed by atoms with E-state index >= 15 is 0 Å². The number of rotatable bonds is 3.